The first-order valence-electron chi connectivity index (χ1n) is 2.54. The maximum Gasteiger partial charge on any atom is 0.649 e. The molecular weight excluding hydrogens is 286 g/mol. The third-order valence-corrected chi connectivity index (χ3v) is 22.6. The molecule has 0 spiro atoms. The Bertz CT molecular complexity index is 200. The quantitative estimate of drug-likeness (QED) is 0.425. The van der Waals surface area contributed by atoms with Crippen molar-refractivity contribution in [2.75, 3.05) is 0 Å². The lowest BCUT2D eigenvalue weighted by atomic mass is 16.0. The fourth-order valence-corrected chi connectivity index (χ4v) is 23.8. The van der Waals surface area contributed by atoms with Crippen LogP contribution < -0.4 is 0 Å². The van der Waals surface area contributed by atoms with E-state index < -0.39 is 41.2 Å². The van der Waals surface area contributed by atoms with Crippen molar-refractivity contribution in [3.05, 3.63) is 0 Å². The molecule has 0 aliphatic carbocycles. The van der Waals surface area contributed by atoms with Crippen LogP contribution >= 0.6 is 0 Å². The van der Waals surface area contributed by atoms with Gasteiger partial charge in [-0.05, 0) is 0 Å². The van der Waals surface area contributed by atoms with Crippen LogP contribution in [0.15, 0.2) is 0 Å². The van der Waals surface area contributed by atoms with Crippen molar-refractivity contribution < 1.29 is 33.6 Å². The van der Waals surface area contributed by atoms with Crippen molar-refractivity contribution >= 4 is 41.2 Å². The number of hydrogen-bond acceptors (Lipinski definition) is 2. The Morgan fingerprint density at radius 1 is 0.769 bits per heavy atom. The molecule has 0 atom stereocenters. The van der Waals surface area contributed by atoms with Gasteiger partial charge in [0.05, 0.1) is 0 Å². The lowest BCUT2D eigenvalue weighted by molar-refractivity contribution is 0.490. The van der Waals surface area contributed by atoms with Crippen molar-refractivity contribution in [3.8, 4) is 0 Å². The zero-order chi connectivity index (χ0) is 10.9. The Labute approximate surface area is 75.3 Å². The molecule has 2 nitrogen and oxygen atoms in total. The van der Waals surface area contributed by atoms with Gasteiger partial charge in [-0.1, -0.05) is 0 Å². The first-order valence-corrected chi connectivity index (χ1v) is 13.6. The molecule has 0 aliphatic rings. The molecule has 0 fully saturated rings. The normalized spacial score (nSPS) is 12.8. The average Bonchev–Trinajstić information content (AvgIpc) is 1.82. The summed E-state index contributed by atoms with van der Waals surface area (Å²) >= 11 is 0. The molecule has 0 unspecified atom stereocenters. The molecule has 0 aliphatic heterocycles. The van der Waals surface area contributed by atoms with Crippen molar-refractivity contribution in [3.63, 3.8) is 0 Å². The summed E-state index contributed by atoms with van der Waals surface area (Å²) in [7, 11) is -23.4. The average molecular weight is 286 g/mol. The summed E-state index contributed by atoms with van der Waals surface area (Å²) in [6, 6.07) is 0. The van der Waals surface area contributed by atoms with E-state index in [0.29, 0.717) is 0 Å². The maximum atomic E-state index is 11.6. The van der Waals surface area contributed by atoms with Crippen LogP contribution in [0, 0.1) is 0 Å². The van der Waals surface area contributed by atoms with Crippen LogP contribution in [0.5, 0.6) is 0 Å². The van der Waals surface area contributed by atoms with Gasteiger partial charge in [-0.15, -0.1) is 0 Å². The summed E-state index contributed by atoms with van der Waals surface area (Å²) in [6.07, 6.45) is 0. The highest BCUT2D eigenvalue weighted by Gasteiger charge is 2.57. The van der Waals surface area contributed by atoms with E-state index in [1.165, 1.54) is 0 Å². The first-order chi connectivity index (χ1) is 5.55. The molecule has 0 amide bonds. The van der Waals surface area contributed by atoms with Gasteiger partial charge >= 0.3 is 32.6 Å². The highest BCUT2D eigenvalue weighted by atomic mass is 29.9. The van der Waals surface area contributed by atoms with E-state index in [2.05, 4.69) is 0 Å². The van der Waals surface area contributed by atoms with E-state index in [4.69, 9.17) is 0 Å². The number of rotatable bonds is 4. The SMILES string of the molecule is O=[Si]([Si][Si](=O)[Si](F)(F)F)[Si](F)(F)F. The molecule has 0 heterocycles. The van der Waals surface area contributed by atoms with Gasteiger partial charge in [-0.2, -0.15) is 0 Å². The predicted octanol–water partition coefficient (Wildman–Crippen LogP) is 0.380. The molecule has 0 saturated heterocycles. The van der Waals surface area contributed by atoms with Crippen LogP contribution in [0.1, 0.15) is 0 Å². The largest absolute Gasteiger partial charge is 0.649 e. The Balaban J connectivity index is 4.34. The Hall–Kier alpha value is 0.264. The summed E-state index contributed by atoms with van der Waals surface area (Å²) in [5.41, 5.74) is 0. The van der Waals surface area contributed by atoms with E-state index in [0.717, 1.165) is 0 Å². The minimum Gasteiger partial charge on any atom is -0.387 e. The van der Waals surface area contributed by atoms with Gasteiger partial charge in [0.25, 0.3) is 0 Å². The number of hydrogen-bond donors (Lipinski definition) is 0. The lowest BCUT2D eigenvalue weighted by Crippen LogP contribution is -2.48. The predicted molar refractivity (Wildman–Crippen MR) is 36.8 cm³/mol. The van der Waals surface area contributed by atoms with Gasteiger partial charge in [0.2, 0.25) is 0 Å². The minimum atomic E-state index is -6.50. The second-order valence-electron chi connectivity index (χ2n) is 1.78. The van der Waals surface area contributed by atoms with E-state index in [1.54, 1.807) is 0 Å². The zero-order valence-electron chi connectivity index (χ0n) is 5.58. The molecule has 74 valence electrons. The fourth-order valence-electron chi connectivity index (χ4n) is 0.245. The second kappa shape index (κ2) is 4.19. The van der Waals surface area contributed by atoms with Crippen molar-refractivity contribution in [1.29, 1.82) is 0 Å². The van der Waals surface area contributed by atoms with E-state index in [9.17, 15) is 33.6 Å². The third-order valence-electron chi connectivity index (χ3n) is 0.742. The minimum absolute atomic E-state index is 1.95. The fraction of sp³-hybridized carbons (Fsp3) is 0. The van der Waals surface area contributed by atoms with Crippen LogP contribution in [-0.2, 0) is 8.92 Å². The Morgan fingerprint density at radius 3 is 1.15 bits per heavy atom. The maximum absolute atomic E-state index is 11.6. The van der Waals surface area contributed by atoms with Gasteiger partial charge in [0.15, 0.2) is 8.55 Å². The topological polar surface area (TPSA) is 34.1 Å². The molecule has 0 aromatic rings. The molecule has 0 rings (SSSR count). The van der Waals surface area contributed by atoms with Crippen molar-refractivity contribution in [2.24, 2.45) is 0 Å². The molecule has 2 radical (unpaired) electrons. The molecule has 0 saturated carbocycles. The van der Waals surface area contributed by atoms with Gasteiger partial charge in [-0.25, -0.2) is 24.6 Å². The van der Waals surface area contributed by atoms with Gasteiger partial charge in [0, 0.05) is 0 Å². The van der Waals surface area contributed by atoms with Gasteiger partial charge < -0.3 is 8.92 Å². The van der Waals surface area contributed by atoms with Crippen molar-refractivity contribution in [1.82, 2.24) is 0 Å². The summed E-state index contributed by atoms with van der Waals surface area (Å²) < 4.78 is 90.0. The lowest BCUT2D eigenvalue weighted by Gasteiger charge is -1.98. The monoisotopic (exact) mass is 286 g/mol. The van der Waals surface area contributed by atoms with Gasteiger partial charge in [0.1, 0.15) is 0 Å². The molecule has 13 heavy (non-hydrogen) atoms. The summed E-state index contributed by atoms with van der Waals surface area (Å²) in [4.78, 5) is 0. The van der Waals surface area contributed by atoms with Gasteiger partial charge in [-0.3, -0.25) is 0 Å². The van der Waals surface area contributed by atoms with E-state index >= 15 is 0 Å². The van der Waals surface area contributed by atoms with Crippen LogP contribution in [0.4, 0.5) is 24.6 Å². The van der Waals surface area contributed by atoms with Crippen LogP contribution in [-0.4, -0.2) is 41.2 Å². The summed E-state index contributed by atoms with van der Waals surface area (Å²) in [6.45, 7) is 0. The molecule has 0 N–H and O–H groups in total. The molecule has 0 aromatic heterocycles. The second-order valence-corrected chi connectivity index (χ2v) is 20.2. The number of halogens is 6. The van der Waals surface area contributed by atoms with Crippen LogP contribution in [0.2, 0.25) is 0 Å². The zero-order valence-corrected chi connectivity index (χ0v) is 10.6. The highest BCUT2D eigenvalue weighted by molar-refractivity contribution is 7.62. The van der Waals surface area contributed by atoms with E-state index in [-0.39, 0.29) is 0 Å². The molecule has 13 heteroatoms. The molecule has 0 aromatic carbocycles. The summed E-state index contributed by atoms with van der Waals surface area (Å²) in [5, 5.41) is 0. The Kier molecular flexibility index (Phi) is 4.28. The summed E-state index contributed by atoms with van der Waals surface area (Å²) in [5.74, 6) is 0. The Morgan fingerprint density at radius 2 is 1.00 bits per heavy atom. The van der Waals surface area contributed by atoms with Crippen molar-refractivity contribution in [2.45, 2.75) is 0 Å². The molecular formula is F6O2Si5. The molecule has 0 bridgehead atoms. The van der Waals surface area contributed by atoms with Crippen LogP contribution in [0.3, 0.4) is 0 Å². The van der Waals surface area contributed by atoms with Crippen LogP contribution in [0.25, 0.3) is 0 Å². The first kappa shape index (κ1) is 13.3. The highest BCUT2D eigenvalue weighted by Crippen LogP contribution is 2.11. The van der Waals surface area contributed by atoms with E-state index in [1.807, 2.05) is 0 Å². The third kappa shape index (κ3) is 4.88. The standard InChI is InChI=1S/F6O2Si5/c1-12(2,3)10(7)9-11(8)13(4,5)6. The smallest absolute Gasteiger partial charge is 0.387 e.